The van der Waals surface area contributed by atoms with E-state index in [2.05, 4.69) is 45.1 Å². The van der Waals surface area contributed by atoms with Gasteiger partial charge in [-0.3, -0.25) is 0 Å². The Morgan fingerprint density at radius 2 is 1.95 bits per heavy atom. The van der Waals surface area contributed by atoms with Gasteiger partial charge in [0.15, 0.2) is 0 Å². The predicted molar refractivity (Wildman–Crippen MR) is 82.7 cm³/mol. The highest BCUT2D eigenvalue weighted by molar-refractivity contribution is 5.82. The Bertz CT molecular complexity index is 545. The van der Waals surface area contributed by atoms with Gasteiger partial charge in [-0.15, -0.1) is 0 Å². The van der Waals surface area contributed by atoms with Crippen LogP contribution in [0.25, 0.3) is 11.0 Å². The van der Waals surface area contributed by atoms with Crippen molar-refractivity contribution in [1.82, 2.24) is 5.32 Å². The molecule has 0 spiro atoms. The summed E-state index contributed by atoms with van der Waals surface area (Å²) >= 11 is 0. The first-order valence-electron chi connectivity index (χ1n) is 7.45. The van der Waals surface area contributed by atoms with Crippen LogP contribution in [-0.4, -0.2) is 12.6 Å². The van der Waals surface area contributed by atoms with Gasteiger partial charge in [0.1, 0.15) is 18.0 Å². The Kier molecular flexibility index (Phi) is 5.21. The average molecular weight is 275 g/mol. The van der Waals surface area contributed by atoms with Crippen molar-refractivity contribution in [3.63, 3.8) is 0 Å². The van der Waals surface area contributed by atoms with Crippen LogP contribution in [0.15, 0.2) is 28.7 Å². The molecule has 20 heavy (non-hydrogen) atoms. The van der Waals surface area contributed by atoms with Crippen molar-refractivity contribution < 1.29 is 9.15 Å². The Hall–Kier alpha value is -1.32. The van der Waals surface area contributed by atoms with E-state index in [1.54, 1.807) is 0 Å². The van der Waals surface area contributed by atoms with Crippen LogP contribution >= 0.6 is 0 Å². The lowest BCUT2D eigenvalue weighted by Gasteiger charge is -2.16. The number of para-hydroxylation sites is 1. The van der Waals surface area contributed by atoms with Crippen molar-refractivity contribution in [2.24, 2.45) is 5.92 Å². The summed E-state index contributed by atoms with van der Waals surface area (Å²) in [4.78, 5) is 0. The summed E-state index contributed by atoms with van der Waals surface area (Å²) in [6.45, 7) is 10.9. The van der Waals surface area contributed by atoms with Crippen LogP contribution in [0, 0.1) is 5.92 Å². The molecule has 0 aliphatic rings. The third-order valence-corrected chi connectivity index (χ3v) is 3.75. The number of hydrogen-bond acceptors (Lipinski definition) is 3. The molecule has 1 atom stereocenters. The van der Waals surface area contributed by atoms with Gasteiger partial charge in [-0.25, -0.2) is 0 Å². The van der Waals surface area contributed by atoms with Crippen LogP contribution in [0.5, 0.6) is 0 Å². The normalized spacial score (nSPS) is 13.2. The number of benzene rings is 1. The molecule has 1 unspecified atom stereocenters. The second-order valence-electron chi connectivity index (χ2n) is 5.54. The van der Waals surface area contributed by atoms with E-state index in [-0.39, 0.29) is 6.10 Å². The van der Waals surface area contributed by atoms with Crippen molar-refractivity contribution in [3.8, 4) is 0 Å². The molecule has 0 aliphatic heterocycles. The summed E-state index contributed by atoms with van der Waals surface area (Å²) in [5.41, 5.74) is 2.16. The first-order chi connectivity index (χ1) is 9.63. The molecule has 0 saturated heterocycles. The first kappa shape index (κ1) is 15.1. The average Bonchev–Trinajstić information content (AvgIpc) is 2.80. The molecule has 3 nitrogen and oxygen atoms in total. The predicted octanol–water partition coefficient (Wildman–Crippen LogP) is 4.10. The van der Waals surface area contributed by atoms with Gasteiger partial charge in [0, 0.05) is 17.5 Å². The lowest BCUT2D eigenvalue weighted by Crippen LogP contribution is -2.16. The zero-order valence-electron chi connectivity index (χ0n) is 12.9. The summed E-state index contributed by atoms with van der Waals surface area (Å²) in [5.74, 6) is 1.45. The molecule has 110 valence electrons. The molecule has 1 heterocycles. The van der Waals surface area contributed by atoms with Crippen LogP contribution in [0.2, 0.25) is 0 Å². The molecule has 1 N–H and O–H groups in total. The Morgan fingerprint density at radius 1 is 1.20 bits per heavy atom. The van der Waals surface area contributed by atoms with Crippen molar-refractivity contribution in [1.29, 1.82) is 0 Å². The molecule has 3 heteroatoms. The Labute approximate surface area is 121 Å². The maximum Gasteiger partial charge on any atom is 0.135 e. The molecule has 0 radical (unpaired) electrons. The van der Waals surface area contributed by atoms with E-state index < -0.39 is 0 Å². The maximum absolute atomic E-state index is 5.96. The smallest absolute Gasteiger partial charge is 0.135 e. The third-order valence-electron chi connectivity index (χ3n) is 3.75. The van der Waals surface area contributed by atoms with E-state index in [1.807, 2.05) is 12.1 Å². The van der Waals surface area contributed by atoms with Gasteiger partial charge >= 0.3 is 0 Å². The number of nitrogens with one attached hydrogen (secondary N) is 1. The number of hydrogen-bond donors (Lipinski definition) is 1. The number of rotatable bonds is 7. The minimum absolute atomic E-state index is 0.232. The molecular weight excluding hydrogens is 250 g/mol. The van der Waals surface area contributed by atoms with Crippen LogP contribution in [-0.2, 0) is 17.9 Å². The molecule has 0 bridgehead atoms. The molecule has 1 aromatic carbocycles. The fourth-order valence-electron chi connectivity index (χ4n) is 2.11. The van der Waals surface area contributed by atoms with E-state index in [1.165, 1.54) is 10.9 Å². The number of fused-ring (bicyclic) bond motifs is 1. The summed E-state index contributed by atoms with van der Waals surface area (Å²) in [5, 5.41) is 4.56. The fourth-order valence-corrected chi connectivity index (χ4v) is 2.11. The minimum Gasteiger partial charge on any atom is -0.458 e. The van der Waals surface area contributed by atoms with Gasteiger partial charge in [0.05, 0.1) is 6.10 Å². The Morgan fingerprint density at radius 3 is 2.65 bits per heavy atom. The SMILES string of the molecule is CCNCc1c(COC(C)C(C)C)oc2ccccc12. The fraction of sp³-hybridized carbons (Fsp3) is 0.529. The largest absolute Gasteiger partial charge is 0.458 e. The van der Waals surface area contributed by atoms with Gasteiger partial charge in [-0.05, 0) is 25.5 Å². The monoisotopic (exact) mass is 275 g/mol. The molecule has 0 saturated carbocycles. The van der Waals surface area contributed by atoms with Crippen LogP contribution in [0.4, 0.5) is 0 Å². The van der Waals surface area contributed by atoms with Crippen molar-refractivity contribution in [3.05, 3.63) is 35.6 Å². The lowest BCUT2D eigenvalue weighted by molar-refractivity contribution is 0.0150. The van der Waals surface area contributed by atoms with E-state index in [4.69, 9.17) is 9.15 Å². The standard InChI is InChI=1S/C17H25NO2/c1-5-18-10-15-14-8-6-7-9-16(14)20-17(15)11-19-13(4)12(2)3/h6-9,12-13,18H,5,10-11H2,1-4H3. The van der Waals surface area contributed by atoms with Crippen molar-refractivity contribution in [2.75, 3.05) is 6.54 Å². The maximum atomic E-state index is 5.96. The highest BCUT2D eigenvalue weighted by Crippen LogP contribution is 2.27. The van der Waals surface area contributed by atoms with Gasteiger partial charge in [-0.1, -0.05) is 39.0 Å². The minimum atomic E-state index is 0.232. The third kappa shape index (κ3) is 3.41. The van der Waals surface area contributed by atoms with E-state index in [0.717, 1.165) is 24.4 Å². The summed E-state index contributed by atoms with van der Waals surface area (Å²) < 4.78 is 11.9. The zero-order chi connectivity index (χ0) is 14.5. The molecule has 0 aliphatic carbocycles. The van der Waals surface area contributed by atoms with E-state index >= 15 is 0 Å². The van der Waals surface area contributed by atoms with E-state index in [0.29, 0.717) is 12.5 Å². The Balaban J connectivity index is 2.22. The van der Waals surface area contributed by atoms with Gasteiger partial charge < -0.3 is 14.5 Å². The summed E-state index contributed by atoms with van der Waals surface area (Å²) in [6.07, 6.45) is 0.232. The van der Waals surface area contributed by atoms with Gasteiger partial charge in [-0.2, -0.15) is 0 Å². The summed E-state index contributed by atoms with van der Waals surface area (Å²) in [6, 6.07) is 8.18. The second-order valence-corrected chi connectivity index (χ2v) is 5.54. The van der Waals surface area contributed by atoms with Crippen LogP contribution < -0.4 is 5.32 Å². The second kappa shape index (κ2) is 6.91. The summed E-state index contributed by atoms with van der Waals surface area (Å²) in [7, 11) is 0. The lowest BCUT2D eigenvalue weighted by atomic mass is 10.1. The van der Waals surface area contributed by atoms with Gasteiger partial charge in [0.2, 0.25) is 0 Å². The van der Waals surface area contributed by atoms with Crippen molar-refractivity contribution in [2.45, 2.75) is 47.0 Å². The van der Waals surface area contributed by atoms with E-state index in [9.17, 15) is 0 Å². The quantitative estimate of drug-likeness (QED) is 0.826. The van der Waals surface area contributed by atoms with Crippen molar-refractivity contribution >= 4 is 11.0 Å². The molecule has 2 rings (SSSR count). The first-order valence-corrected chi connectivity index (χ1v) is 7.45. The zero-order valence-corrected chi connectivity index (χ0v) is 12.9. The molecule has 0 fully saturated rings. The number of ether oxygens (including phenoxy) is 1. The molecule has 2 aromatic rings. The van der Waals surface area contributed by atoms with Crippen LogP contribution in [0.1, 0.15) is 39.0 Å². The van der Waals surface area contributed by atoms with Crippen LogP contribution in [0.3, 0.4) is 0 Å². The molecule has 1 aromatic heterocycles. The molecular formula is C17H25NO2. The number of furan rings is 1. The topological polar surface area (TPSA) is 34.4 Å². The highest BCUT2D eigenvalue weighted by atomic mass is 16.5. The van der Waals surface area contributed by atoms with Gasteiger partial charge in [0.25, 0.3) is 0 Å². The molecule has 0 amide bonds. The highest BCUT2D eigenvalue weighted by Gasteiger charge is 2.15.